The van der Waals surface area contributed by atoms with E-state index in [0.29, 0.717) is 37.6 Å². The lowest BCUT2D eigenvalue weighted by molar-refractivity contribution is -0.144. The van der Waals surface area contributed by atoms with E-state index in [0.717, 1.165) is 102 Å². The average Bonchev–Trinajstić information content (AvgIpc) is 3.19. The number of pyridine rings is 1. The molecule has 53 heavy (non-hydrogen) atoms. The summed E-state index contributed by atoms with van der Waals surface area (Å²) in [4.78, 5) is 36.6. The first-order chi connectivity index (χ1) is 26.1. The Morgan fingerprint density at radius 2 is 1.53 bits per heavy atom. The van der Waals surface area contributed by atoms with Gasteiger partial charge in [0.15, 0.2) is 6.73 Å². The summed E-state index contributed by atoms with van der Waals surface area (Å²) in [6.07, 6.45) is 26.1. The Labute approximate surface area is 317 Å². The average molecular weight is 721 g/mol. The third kappa shape index (κ3) is 13.2. The molecule has 0 spiro atoms. The first-order valence-electron chi connectivity index (χ1n) is 20.1. The summed E-state index contributed by atoms with van der Waals surface area (Å²) >= 11 is 0. The topological polar surface area (TPSA) is 75.2 Å². The van der Waals surface area contributed by atoms with E-state index in [-0.39, 0.29) is 18.6 Å². The molecule has 1 saturated heterocycles. The maximum atomic E-state index is 12.8. The van der Waals surface area contributed by atoms with Crippen LogP contribution in [0, 0.1) is 0 Å². The van der Waals surface area contributed by atoms with E-state index in [2.05, 4.69) is 101 Å². The first-order valence-corrected chi connectivity index (χ1v) is 20.1. The van der Waals surface area contributed by atoms with Crippen molar-refractivity contribution >= 4 is 34.2 Å². The predicted octanol–water partition coefficient (Wildman–Crippen LogP) is 9.59. The van der Waals surface area contributed by atoms with Gasteiger partial charge in [-0.05, 0) is 87.4 Å². The lowest BCUT2D eigenvalue weighted by atomic mass is 10.1. The van der Waals surface area contributed by atoms with Crippen molar-refractivity contribution in [2.24, 2.45) is 0 Å². The Kier molecular flexibility index (Phi) is 17.0. The third-order valence-corrected chi connectivity index (χ3v) is 10.1. The van der Waals surface area contributed by atoms with Gasteiger partial charge < -0.3 is 14.4 Å². The van der Waals surface area contributed by atoms with Crippen LogP contribution in [0.15, 0.2) is 91.1 Å². The minimum absolute atomic E-state index is 0.0790. The maximum Gasteiger partial charge on any atom is 0.307 e. The molecular weight excluding hydrogens is 661 g/mol. The molecule has 284 valence electrons. The number of benzene rings is 2. The van der Waals surface area contributed by atoms with Crippen LogP contribution in [0.1, 0.15) is 96.0 Å². The van der Waals surface area contributed by atoms with Crippen molar-refractivity contribution in [1.29, 1.82) is 0 Å². The van der Waals surface area contributed by atoms with E-state index in [9.17, 15) is 9.59 Å². The molecule has 3 aromatic rings. The van der Waals surface area contributed by atoms with Gasteiger partial charge in [-0.25, -0.2) is 0 Å². The molecule has 0 atom stereocenters. The SMILES string of the molecule is CCC=CCC=CCC=CCCCCCCCC(=O)OCN1C(=O)CCc2ccc(OCCCCN3CCN(c4cccc5ccccc45)CC3)nc21. The largest absolute Gasteiger partial charge is 0.478 e. The Hall–Kier alpha value is -4.43. The predicted molar refractivity (Wildman–Crippen MR) is 218 cm³/mol. The summed E-state index contributed by atoms with van der Waals surface area (Å²) < 4.78 is 11.6. The molecule has 0 saturated carbocycles. The number of nitrogens with zero attached hydrogens (tertiary/aromatic N) is 4. The molecule has 1 fully saturated rings. The first kappa shape index (κ1) is 39.8. The third-order valence-electron chi connectivity index (χ3n) is 10.1. The molecule has 3 heterocycles. The molecule has 0 unspecified atom stereocenters. The number of unbranched alkanes of at least 4 members (excludes halogenated alkanes) is 6. The Balaban J connectivity index is 0.931. The number of hydrogen-bond donors (Lipinski definition) is 0. The molecule has 0 N–H and O–H groups in total. The standard InChI is InChI=1S/C45H60N4O4/c1-2-3-4-5-6-7-8-9-10-11-12-13-14-15-16-26-44(51)53-37-49-43(50)30-28-39-27-29-42(46-45(39)49)52-36-20-19-31-47-32-34-48(35-33-47)41-25-21-23-38-22-17-18-24-40(38)41/h3-4,6-7,9-10,17-18,21-25,27,29H,2,5,8,11-16,19-20,26,28,30-37H2,1H3. The zero-order valence-electron chi connectivity index (χ0n) is 31.9. The number of piperazine rings is 1. The number of rotatable bonds is 22. The van der Waals surface area contributed by atoms with Gasteiger partial charge in [0, 0.05) is 56.2 Å². The van der Waals surface area contributed by atoms with Crippen molar-refractivity contribution in [2.75, 3.05) is 55.9 Å². The van der Waals surface area contributed by atoms with Crippen LogP contribution in [0.2, 0.25) is 0 Å². The highest BCUT2D eigenvalue weighted by atomic mass is 16.5. The number of esters is 1. The molecule has 2 aliphatic heterocycles. The minimum Gasteiger partial charge on any atom is -0.478 e. The molecule has 8 heteroatoms. The number of carbonyl (C=O) groups is 2. The normalized spacial score (nSPS) is 15.3. The van der Waals surface area contributed by atoms with Crippen molar-refractivity contribution in [1.82, 2.24) is 9.88 Å². The van der Waals surface area contributed by atoms with Crippen LogP contribution in [-0.2, 0) is 20.7 Å². The quantitative estimate of drug-likeness (QED) is 0.0582. The van der Waals surface area contributed by atoms with Gasteiger partial charge in [0.05, 0.1) is 6.61 Å². The summed E-state index contributed by atoms with van der Waals surface area (Å²) in [5.74, 6) is 0.698. The zero-order valence-corrected chi connectivity index (χ0v) is 31.9. The van der Waals surface area contributed by atoms with E-state index >= 15 is 0 Å². The number of fused-ring (bicyclic) bond motifs is 2. The summed E-state index contributed by atoms with van der Waals surface area (Å²) in [6.45, 7) is 7.83. The fourth-order valence-electron chi connectivity index (χ4n) is 7.00. The Morgan fingerprint density at radius 3 is 2.38 bits per heavy atom. The van der Waals surface area contributed by atoms with Crippen molar-refractivity contribution in [2.45, 2.75) is 96.8 Å². The minimum atomic E-state index is -0.270. The smallest absolute Gasteiger partial charge is 0.307 e. The lowest BCUT2D eigenvalue weighted by Gasteiger charge is -2.36. The molecule has 0 radical (unpaired) electrons. The van der Waals surface area contributed by atoms with Gasteiger partial charge in [-0.2, -0.15) is 4.98 Å². The summed E-state index contributed by atoms with van der Waals surface area (Å²) in [5.41, 5.74) is 2.31. The van der Waals surface area contributed by atoms with Crippen LogP contribution in [0.5, 0.6) is 5.88 Å². The van der Waals surface area contributed by atoms with Gasteiger partial charge in [0.1, 0.15) is 5.82 Å². The van der Waals surface area contributed by atoms with Crippen molar-refractivity contribution in [3.63, 3.8) is 0 Å². The van der Waals surface area contributed by atoms with Crippen LogP contribution < -0.4 is 14.5 Å². The van der Waals surface area contributed by atoms with Gasteiger partial charge >= 0.3 is 5.97 Å². The Morgan fingerprint density at radius 1 is 0.774 bits per heavy atom. The van der Waals surface area contributed by atoms with Crippen LogP contribution in [0.3, 0.4) is 0 Å². The van der Waals surface area contributed by atoms with Crippen molar-refractivity contribution < 1.29 is 19.1 Å². The fourth-order valence-corrected chi connectivity index (χ4v) is 7.00. The summed E-state index contributed by atoms with van der Waals surface area (Å²) in [7, 11) is 0. The van der Waals surface area contributed by atoms with Gasteiger partial charge in [0.2, 0.25) is 11.8 Å². The maximum absolute atomic E-state index is 12.8. The zero-order chi connectivity index (χ0) is 36.9. The number of allylic oxidation sites excluding steroid dienone is 6. The van der Waals surface area contributed by atoms with Crippen LogP contribution >= 0.6 is 0 Å². The van der Waals surface area contributed by atoms with Gasteiger partial charge in [0.25, 0.3) is 0 Å². The van der Waals surface area contributed by atoms with Crippen molar-refractivity contribution in [3.05, 3.63) is 96.6 Å². The van der Waals surface area contributed by atoms with Crippen LogP contribution in [0.25, 0.3) is 10.8 Å². The van der Waals surface area contributed by atoms with Gasteiger partial charge in [-0.1, -0.05) is 99.0 Å². The molecule has 0 bridgehead atoms. The van der Waals surface area contributed by atoms with Gasteiger partial charge in [-0.15, -0.1) is 0 Å². The molecule has 1 amide bonds. The van der Waals surface area contributed by atoms with Crippen LogP contribution in [-0.4, -0.2) is 67.8 Å². The van der Waals surface area contributed by atoms with E-state index in [1.807, 2.05) is 12.1 Å². The van der Waals surface area contributed by atoms with E-state index in [4.69, 9.17) is 9.47 Å². The number of aromatic nitrogens is 1. The Bertz CT molecular complexity index is 1650. The lowest BCUT2D eigenvalue weighted by Crippen LogP contribution is -2.46. The molecule has 2 aromatic carbocycles. The number of carbonyl (C=O) groups excluding carboxylic acids is 2. The van der Waals surface area contributed by atoms with Gasteiger partial charge in [-0.3, -0.25) is 19.4 Å². The number of aryl methyl sites for hydroxylation is 1. The summed E-state index contributed by atoms with van der Waals surface area (Å²) in [6, 6.07) is 19.1. The highest BCUT2D eigenvalue weighted by molar-refractivity contribution is 5.95. The van der Waals surface area contributed by atoms with Crippen LogP contribution in [0.4, 0.5) is 11.5 Å². The number of amides is 1. The highest BCUT2D eigenvalue weighted by Gasteiger charge is 2.27. The van der Waals surface area contributed by atoms with Crippen molar-refractivity contribution in [3.8, 4) is 5.88 Å². The number of ether oxygens (including phenoxy) is 2. The second kappa shape index (κ2) is 22.6. The molecular formula is C45H60N4O4. The second-order valence-electron chi connectivity index (χ2n) is 14.1. The molecule has 5 rings (SSSR count). The number of hydrogen-bond acceptors (Lipinski definition) is 7. The second-order valence-corrected chi connectivity index (χ2v) is 14.1. The molecule has 1 aromatic heterocycles. The summed E-state index contributed by atoms with van der Waals surface area (Å²) in [5, 5.41) is 2.62. The molecule has 8 nitrogen and oxygen atoms in total. The van der Waals surface area contributed by atoms with E-state index in [1.54, 1.807) is 0 Å². The van der Waals surface area contributed by atoms with E-state index in [1.165, 1.54) is 27.8 Å². The fraction of sp³-hybridized carbons (Fsp3) is 0.489. The highest BCUT2D eigenvalue weighted by Crippen LogP contribution is 2.29. The molecule has 0 aliphatic carbocycles. The number of anilines is 2. The van der Waals surface area contributed by atoms with E-state index < -0.39 is 0 Å². The monoisotopic (exact) mass is 720 g/mol. The molecule has 2 aliphatic rings.